The summed E-state index contributed by atoms with van der Waals surface area (Å²) in [5, 5.41) is 5.80. The topological polar surface area (TPSA) is 160 Å². The molecule has 58 heavy (non-hydrogen) atoms. The van der Waals surface area contributed by atoms with Gasteiger partial charge in [0, 0.05) is 52.4 Å². The number of halogens is 1. The molecule has 2 aromatic carbocycles. The molecule has 0 aromatic heterocycles. The molecule has 14 nitrogen and oxygen atoms in total. The van der Waals surface area contributed by atoms with Crippen LogP contribution in [0.1, 0.15) is 78.4 Å². The summed E-state index contributed by atoms with van der Waals surface area (Å²) in [4.78, 5) is 51.4. The summed E-state index contributed by atoms with van der Waals surface area (Å²) in [6, 6.07) is 18.1. The highest BCUT2D eigenvalue weighted by atomic mass is 35.5. The number of nitrogens with one attached hydrogen (secondary N) is 2. The minimum absolute atomic E-state index is 0. The van der Waals surface area contributed by atoms with Crippen molar-refractivity contribution in [3.63, 3.8) is 0 Å². The van der Waals surface area contributed by atoms with Gasteiger partial charge in [0.25, 0.3) is 0 Å². The first-order valence-electron chi connectivity index (χ1n) is 19.8. The Bertz CT molecular complexity index is 1500. The van der Waals surface area contributed by atoms with Crippen molar-refractivity contribution in [1.29, 1.82) is 0 Å². The molecule has 2 aromatic rings. The number of carbonyl (C=O) groups excluding carboxylic acids is 4. The van der Waals surface area contributed by atoms with E-state index in [1.165, 1.54) is 24.7 Å². The molecule has 2 aliphatic heterocycles. The van der Waals surface area contributed by atoms with Gasteiger partial charge >= 0.3 is 18.0 Å². The molecule has 0 bridgehead atoms. The number of likely N-dealkylation sites (tertiary alicyclic amines) is 1. The molecule has 2 amide bonds. The van der Waals surface area contributed by atoms with Gasteiger partial charge in [0.05, 0.1) is 39.6 Å². The van der Waals surface area contributed by atoms with Crippen LogP contribution in [-0.4, -0.2) is 119 Å². The Kier molecular flexibility index (Phi) is 22.3. The van der Waals surface area contributed by atoms with Crippen LogP contribution in [0.25, 0.3) is 0 Å². The fourth-order valence-electron chi connectivity index (χ4n) is 6.26. The highest BCUT2D eigenvalue weighted by Crippen LogP contribution is 2.28. The van der Waals surface area contributed by atoms with Crippen LogP contribution >= 0.6 is 12.4 Å². The second-order valence-electron chi connectivity index (χ2n) is 16.2. The number of hydrogen-bond acceptors (Lipinski definition) is 12. The highest BCUT2D eigenvalue weighted by Gasteiger charge is 2.46. The molecule has 5 atom stereocenters. The number of nitrogens with zero attached hydrogens (tertiary/aromatic N) is 1. The lowest BCUT2D eigenvalue weighted by Crippen LogP contribution is -2.57. The molecule has 2 fully saturated rings. The molecule has 2 aliphatic rings. The summed E-state index contributed by atoms with van der Waals surface area (Å²) in [5.41, 5.74) is 0.961. The lowest BCUT2D eigenvalue weighted by atomic mass is 9.85. The van der Waals surface area contributed by atoms with Crippen LogP contribution in [0.4, 0.5) is 4.79 Å². The Morgan fingerprint density at radius 3 is 1.74 bits per heavy atom. The van der Waals surface area contributed by atoms with Crippen molar-refractivity contribution in [3.05, 3.63) is 71.8 Å². The molecule has 0 spiro atoms. The number of rotatable bonds is 18. The van der Waals surface area contributed by atoms with E-state index in [0.717, 1.165) is 12.0 Å². The van der Waals surface area contributed by atoms with E-state index in [4.69, 9.17) is 33.2 Å². The van der Waals surface area contributed by atoms with Crippen molar-refractivity contribution in [2.45, 2.75) is 116 Å². The molecule has 15 heteroatoms. The largest absolute Gasteiger partial charge is 0.468 e. The standard InChI is InChI=1S/C27H42N2O7.C16H23NO4.ClH/c1-26(2,3)22(28-25(32)36-27(4,5)6)23(30)29-17-20(16-21(29)24(31)33-7)35-15-11-14-34-18-19-12-9-8-10-13-19;1-19-16(18)15-10-14(11-17-15)21-9-5-8-20-12-13-6-3-2-4-7-13;/h8-10,12-13,20-22H,11,14-18H2,1-7H3,(H,28,32);2-4,6-7,14-15,17H,5,8-12H2,1H3;1H/t20-,21+,22-;14-,15+;/m11./s1. The minimum Gasteiger partial charge on any atom is -0.468 e. The average molecular weight is 836 g/mol. The Balaban J connectivity index is 0.000000448. The maximum atomic E-state index is 13.6. The van der Waals surface area contributed by atoms with Crippen LogP contribution in [0, 0.1) is 5.41 Å². The Morgan fingerprint density at radius 2 is 1.26 bits per heavy atom. The number of carbonyl (C=O) groups is 4. The summed E-state index contributed by atoms with van der Waals surface area (Å²) in [7, 11) is 2.70. The number of ether oxygens (including phenoxy) is 7. The van der Waals surface area contributed by atoms with E-state index in [2.05, 4.69) is 10.6 Å². The van der Waals surface area contributed by atoms with E-state index >= 15 is 0 Å². The van der Waals surface area contributed by atoms with Gasteiger partial charge in [0.2, 0.25) is 5.91 Å². The van der Waals surface area contributed by atoms with Crippen LogP contribution in [0.15, 0.2) is 60.7 Å². The molecule has 2 heterocycles. The number of hydrogen-bond donors (Lipinski definition) is 2. The van der Waals surface area contributed by atoms with E-state index in [0.29, 0.717) is 65.4 Å². The SMILES string of the molecule is COC(=O)[C@@H]1C[C@@H](OCCCOCc2ccccc2)CN1.COC(=O)[C@@H]1C[C@@H](OCCCOCc2ccccc2)CN1C(=O)[C@@H](NC(=O)OC(C)(C)C)C(C)(C)C.Cl. The highest BCUT2D eigenvalue weighted by molar-refractivity contribution is 5.91. The molecular weight excluding hydrogens is 770 g/mol. The molecule has 0 aliphatic carbocycles. The fraction of sp³-hybridized carbons (Fsp3) is 0.628. The first-order valence-corrected chi connectivity index (χ1v) is 19.8. The van der Waals surface area contributed by atoms with E-state index < -0.39 is 35.2 Å². The zero-order valence-electron chi connectivity index (χ0n) is 35.5. The minimum atomic E-state index is -0.898. The van der Waals surface area contributed by atoms with Crippen LogP contribution in [0.5, 0.6) is 0 Å². The van der Waals surface area contributed by atoms with Crippen molar-refractivity contribution in [3.8, 4) is 0 Å². The van der Waals surface area contributed by atoms with Crippen molar-refractivity contribution in [2.24, 2.45) is 5.41 Å². The third-order valence-corrected chi connectivity index (χ3v) is 9.17. The first-order chi connectivity index (χ1) is 27.1. The van der Waals surface area contributed by atoms with E-state index in [1.54, 1.807) is 20.8 Å². The van der Waals surface area contributed by atoms with Crippen molar-refractivity contribution < 1.29 is 52.3 Å². The second-order valence-corrected chi connectivity index (χ2v) is 16.2. The normalized spacial score (nSPS) is 19.6. The summed E-state index contributed by atoms with van der Waals surface area (Å²) < 4.78 is 38.0. The van der Waals surface area contributed by atoms with Gasteiger partial charge in [0.15, 0.2) is 0 Å². The number of esters is 2. The van der Waals surface area contributed by atoms with E-state index in [1.807, 2.05) is 81.4 Å². The Morgan fingerprint density at radius 1 is 0.741 bits per heavy atom. The molecule has 4 rings (SSSR count). The monoisotopic (exact) mass is 835 g/mol. The Hall–Kier alpha value is -3.79. The molecule has 0 radical (unpaired) electrons. The van der Waals surface area contributed by atoms with Gasteiger partial charge in [-0.05, 0) is 50.2 Å². The maximum absolute atomic E-state index is 13.6. The van der Waals surface area contributed by atoms with Crippen LogP contribution < -0.4 is 10.6 Å². The molecule has 2 saturated heterocycles. The van der Waals surface area contributed by atoms with Crippen molar-refractivity contribution >= 4 is 36.3 Å². The summed E-state index contributed by atoms with van der Waals surface area (Å²) in [6.07, 6.45) is 1.62. The van der Waals surface area contributed by atoms with E-state index in [-0.39, 0.29) is 49.1 Å². The first kappa shape index (κ1) is 50.4. The van der Waals surface area contributed by atoms with E-state index in [9.17, 15) is 19.2 Å². The molecule has 326 valence electrons. The maximum Gasteiger partial charge on any atom is 0.408 e. The number of benzene rings is 2. The van der Waals surface area contributed by atoms with Crippen molar-refractivity contribution in [2.75, 3.05) is 53.7 Å². The van der Waals surface area contributed by atoms with Crippen LogP contribution in [-0.2, 0) is 60.8 Å². The van der Waals surface area contributed by atoms with Gasteiger partial charge < -0.3 is 48.7 Å². The summed E-state index contributed by atoms with van der Waals surface area (Å²) >= 11 is 0. The fourth-order valence-corrected chi connectivity index (χ4v) is 6.26. The average Bonchev–Trinajstić information content (AvgIpc) is 3.84. The number of methoxy groups -OCH3 is 2. The van der Waals surface area contributed by atoms with Crippen LogP contribution in [0.2, 0.25) is 0 Å². The molecule has 0 unspecified atom stereocenters. The zero-order valence-corrected chi connectivity index (χ0v) is 36.3. The predicted molar refractivity (Wildman–Crippen MR) is 221 cm³/mol. The lowest BCUT2D eigenvalue weighted by molar-refractivity contribution is -0.152. The zero-order chi connectivity index (χ0) is 41.8. The quantitative estimate of drug-likeness (QED) is 0.109. The smallest absolute Gasteiger partial charge is 0.408 e. The second kappa shape index (κ2) is 25.6. The van der Waals surface area contributed by atoms with Gasteiger partial charge in [-0.2, -0.15) is 0 Å². The third-order valence-electron chi connectivity index (χ3n) is 9.17. The molecular formula is C43H66ClN3O11. The van der Waals surface area contributed by atoms with Crippen molar-refractivity contribution in [1.82, 2.24) is 15.5 Å². The predicted octanol–water partition coefficient (Wildman–Crippen LogP) is 5.63. The summed E-state index contributed by atoms with van der Waals surface area (Å²) in [5.74, 6) is -1.10. The van der Waals surface area contributed by atoms with Gasteiger partial charge in [-0.25, -0.2) is 9.59 Å². The molecule has 0 saturated carbocycles. The summed E-state index contributed by atoms with van der Waals surface area (Å²) in [6.45, 7) is 15.2. The van der Waals surface area contributed by atoms with Crippen LogP contribution in [0.3, 0.4) is 0 Å². The third kappa shape index (κ3) is 18.4. The van der Waals surface area contributed by atoms with Gasteiger partial charge in [-0.15, -0.1) is 12.4 Å². The Labute approximate surface area is 350 Å². The van der Waals surface area contributed by atoms with Gasteiger partial charge in [0.1, 0.15) is 23.7 Å². The van der Waals surface area contributed by atoms with Gasteiger partial charge in [-0.1, -0.05) is 81.4 Å². The lowest BCUT2D eigenvalue weighted by Gasteiger charge is -2.35. The van der Waals surface area contributed by atoms with Gasteiger partial charge in [-0.3, -0.25) is 9.59 Å². The number of amides is 2. The molecule has 2 N–H and O–H groups in total. The number of alkyl carbamates (subject to hydrolysis) is 1.